The summed E-state index contributed by atoms with van der Waals surface area (Å²) in [6, 6.07) is 0. The van der Waals surface area contributed by atoms with Crippen LogP contribution in [-0.2, 0) is 9.59 Å². The summed E-state index contributed by atoms with van der Waals surface area (Å²) >= 11 is 0. The average molecular weight is 295 g/mol. The SMILES string of the molecule is CCC1CC(C(=O)O)C(C(=O)N2CCC(CC)(CC)C2)C1. The number of nitrogens with zero attached hydrogens (tertiary/aromatic N) is 1. The molecule has 0 radical (unpaired) electrons. The van der Waals surface area contributed by atoms with E-state index >= 15 is 0 Å². The molecule has 2 aliphatic rings. The van der Waals surface area contributed by atoms with Crippen LogP contribution < -0.4 is 0 Å². The quantitative estimate of drug-likeness (QED) is 0.847. The van der Waals surface area contributed by atoms with Gasteiger partial charge in [0.2, 0.25) is 5.91 Å². The summed E-state index contributed by atoms with van der Waals surface area (Å²) in [6.07, 6.45) is 5.65. The first-order valence-electron chi connectivity index (χ1n) is 8.48. The van der Waals surface area contributed by atoms with Crippen molar-refractivity contribution in [2.45, 2.75) is 59.3 Å². The van der Waals surface area contributed by atoms with Crippen LogP contribution >= 0.6 is 0 Å². The summed E-state index contributed by atoms with van der Waals surface area (Å²) in [5.41, 5.74) is 0.261. The molecule has 0 aromatic heterocycles. The van der Waals surface area contributed by atoms with Crippen molar-refractivity contribution >= 4 is 11.9 Å². The zero-order valence-electron chi connectivity index (χ0n) is 13.6. The second-order valence-corrected chi connectivity index (χ2v) is 7.01. The van der Waals surface area contributed by atoms with Gasteiger partial charge >= 0.3 is 5.97 Å². The van der Waals surface area contributed by atoms with Crippen molar-refractivity contribution in [1.82, 2.24) is 4.90 Å². The minimum Gasteiger partial charge on any atom is -0.481 e. The maximum absolute atomic E-state index is 12.8. The van der Waals surface area contributed by atoms with Gasteiger partial charge in [0.25, 0.3) is 0 Å². The molecule has 21 heavy (non-hydrogen) atoms. The van der Waals surface area contributed by atoms with Gasteiger partial charge < -0.3 is 10.0 Å². The van der Waals surface area contributed by atoms with Crippen LogP contribution in [0.4, 0.5) is 0 Å². The van der Waals surface area contributed by atoms with Crippen LogP contribution in [0.2, 0.25) is 0 Å². The molecule has 1 aliphatic carbocycles. The topological polar surface area (TPSA) is 57.6 Å². The van der Waals surface area contributed by atoms with Gasteiger partial charge in [-0.25, -0.2) is 0 Å². The Morgan fingerprint density at radius 1 is 1.14 bits per heavy atom. The van der Waals surface area contributed by atoms with Gasteiger partial charge in [-0.2, -0.15) is 0 Å². The molecular weight excluding hydrogens is 266 g/mol. The number of carboxylic acid groups (broad SMARTS) is 1. The maximum Gasteiger partial charge on any atom is 0.307 e. The first kappa shape index (κ1) is 16.3. The number of rotatable bonds is 5. The number of carbonyl (C=O) groups is 2. The van der Waals surface area contributed by atoms with E-state index in [2.05, 4.69) is 20.8 Å². The zero-order chi connectivity index (χ0) is 15.6. The summed E-state index contributed by atoms with van der Waals surface area (Å²) in [5, 5.41) is 9.41. The van der Waals surface area contributed by atoms with Crippen molar-refractivity contribution in [2.75, 3.05) is 13.1 Å². The highest BCUT2D eigenvalue weighted by atomic mass is 16.4. The van der Waals surface area contributed by atoms with E-state index in [0.717, 1.165) is 45.2 Å². The number of hydrogen-bond acceptors (Lipinski definition) is 2. The smallest absolute Gasteiger partial charge is 0.307 e. The van der Waals surface area contributed by atoms with Gasteiger partial charge in [0, 0.05) is 13.1 Å². The molecule has 1 aliphatic heterocycles. The van der Waals surface area contributed by atoms with Crippen molar-refractivity contribution in [3.63, 3.8) is 0 Å². The highest BCUT2D eigenvalue weighted by molar-refractivity contribution is 5.85. The second kappa shape index (κ2) is 6.37. The van der Waals surface area contributed by atoms with Gasteiger partial charge in [-0.1, -0.05) is 27.2 Å². The van der Waals surface area contributed by atoms with E-state index in [1.807, 2.05) is 4.90 Å². The molecule has 1 amide bonds. The molecule has 1 heterocycles. The largest absolute Gasteiger partial charge is 0.481 e. The molecule has 1 N–H and O–H groups in total. The van der Waals surface area contributed by atoms with Crippen LogP contribution in [0.15, 0.2) is 0 Å². The van der Waals surface area contributed by atoms with Crippen molar-refractivity contribution in [3.05, 3.63) is 0 Å². The minimum absolute atomic E-state index is 0.0992. The lowest BCUT2D eigenvalue weighted by molar-refractivity contribution is -0.148. The van der Waals surface area contributed by atoms with Gasteiger partial charge in [-0.3, -0.25) is 9.59 Å². The van der Waals surface area contributed by atoms with Gasteiger partial charge in [-0.05, 0) is 43.4 Å². The number of likely N-dealkylation sites (tertiary alicyclic amines) is 1. The van der Waals surface area contributed by atoms with Crippen molar-refractivity contribution < 1.29 is 14.7 Å². The van der Waals surface area contributed by atoms with E-state index in [1.54, 1.807) is 0 Å². The molecule has 1 saturated carbocycles. The van der Waals surface area contributed by atoms with E-state index in [4.69, 9.17) is 0 Å². The van der Waals surface area contributed by atoms with Gasteiger partial charge in [0.05, 0.1) is 11.8 Å². The first-order chi connectivity index (χ1) is 9.96. The van der Waals surface area contributed by atoms with Crippen molar-refractivity contribution in [2.24, 2.45) is 23.2 Å². The Bertz CT molecular complexity index is 403. The molecule has 4 nitrogen and oxygen atoms in total. The molecule has 2 rings (SSSR count). The molecule has 3 atom stereocenters. The maximum atomic E-state index is 12.8. The lowest BCUT2D eigenvalue weighted by atomic mass is 9.82. The predicted octanol–water partition coefficient (Wildman–Crippen LogP) is 3.16. The van der Waals surface area contributed by atoms with Crippen LogP contribution in [0.5, 0.6) is 0 Å². The third-order valence-corrected chi connectivity index (χ3v) is 6.12. The molecule has 2 fully saturated rings. The van der Waals surface area contributed by atoms with Gasteiger partial charge in [0.1, 0.15) is 0 Å². The molecule has 0 aromatic rings. The van der Waals surface area contributed by atoms with E-state index in [-0.39, 0.29) is 17.2 Å². The molecule has 0 aromatic carbocycles. The molecule has 4 heteroatoms. The Labute approximate surface area is 127 Å². The standard InChI is InChI=1S/C17H29NO3/c1-4-12-9-13(14(10-12)16(20)21)15(19)18-8-7-17(5-2,6-3)11-18/h12-14H,4-11H2,1-3H3,(H,20,21). The fourth-order valence-corrected chi connectivity index (χ4v) is 4.21. The van der Waals surface area contributed by atoms with Crippen LogP contribution in [0.1, 0.15) is 59.3 Å². The lowest BCUT2D eigenvalue weighted by Crippen LogP contribution is -2.39. The van der Waals surface area contributed by atoms with Gasteiger partial charge in [0.15, 0.2) is 0 Å². The Hall–Kier alpha value is -1.06. The van der Waals surface area contributed by atoms with E-state index in [9.17, 15) is 14.7 Å². The van der Waals surface area contributed by atoms with Crippen LogP contribution in [0, 0.1) is 23.2 Å². The number of aliphatic carboxylic acids is 1. The molecule has 0 spiro atoms. The van der Waals surface area contributed by atoms with E-state index in [1.165, 1.54) is 0 Å². The third-order valence-electron chi connectivity index (χ3n) is 6.12. The highest BCUT2D eigenvalue weighted by Crippen LogP contribution is 2.42. The zero-order valence-corrected chi connectivity index (χ0v) is 13.6. The Balaban J connectivity index is 2.07. The lowest BCUT2D eigenvalue weighted by Gasteiger charge is -2.28. The van der Waals surface area contributed by atoms with E-state index < -0.39 is 11.9 Å². The molecule has 0 bridgehead atoms. The Morgan fingerprint density at radius 3 is 2.24 bits per heavy atom. The van der Waals surface area contributed by atoms with Crippen LogP contribution in [-0.4, -0.2) is 35.0 Å². The minimum atomic E-state index is -0.791. The van der Waals surface area contributed by atoms with Crippen LogP contribution in [0.3, 0.4) is 0 Å². The summed E-state index contributed by atoms with van der Waals surface area (Å²) in [5.74, 6) is -1.06. The summed E-state index contributed by atoms with van der Waals surface area (Å²) in [6.45, 7) is 8.10. The normalized spacial score (nSPS) is 31.6. The summed E-state index contributed by atoms with van der Waals surface area (Å²) < 4.78 is 0. The van der Waals surface area contributed by atoms with Crippen LogP contribution in [0.25, 0.3) is 0 Å². The fourth-order valence-electron chi connectivity index (χ4n) is 4.21. The number of hydrogen-bond donors (Lipinski definition) is 1. The highest BCUT2D eigenvalue weighted by Gasteiger charge is 2.46. The van der Waals surface area contributed by atoms with Crippen molar-refractivity contribution in [1.29, 1.82) is 0 Å². The average Bonchev–Trinajstić information content (AvgIpc) is 3.11. The molecular formula is C17H29NO3. The summed E-state index contributed by atoms with van der Waals surface area (Å²) in [4.78, 5) is 26.2. The monoisotopic (exact) mass is 295 g/mol. The third kappa shape index (κ3) is 3.09. The Morgan fingerprint density at radius 2 is 1.76 bits per heavy atom. The van der Waals surface area contributed by atoms with E-state index in [0.29, 0.717) is 12.3 Å². The second-order valence-electron chi connectivity index (χ2n) is 7.01. The number of amides is 1. The molecule has 1 saturated heterocycles. The predicted molar refractivity (Wildman–Crippen MR) is 81.8 cm³/mol. The molecule has 120 valence electrons. The molecule has 3 unspecified atom stereocenters. The number of carbonyl (C=O) groups excluding carboxylic acids is 1. The Kier molecular flexibility index (Phi) is 4.95. The summed E-state index contributed by atoms with van der Waals surface area (Å²) in [7, 11) is 0. The first-order valence-corrected chi connectivity index (χ1v) is 8.48. The van der Waals surface area contributed by atoms with Gasteiger partial charge in [-0.15, -0.1) is 0 Å². The number of carboxylic acids is 1. The van der Waals surface area contributed by atoms with Crippen molar-refractivity contribution in [3.8, 4) is 0 Å². The fraction of sp³-hybridized carbons (Fsp3) is 0.882.